The topological polar surface area (TPSA) is 72.5 Å². The summed E-state index contributed by atoms with van der Waals surface area (Å²) >= 11 is 2.94. The molecule has 0 heterocycles. The van der Waals surface area contributed by atoms with E-state index in [1.165, 1.54) is 12.1 Å². The van der Waals surface area contributed by atoms with Crippen LogP contribution in [0.2, 0.25) is 0 Å². The van der Waals surface area contributed by atoms with Gasteiger partial charge in [-0.2, -0.15) is 0 Å². The molecule has 0 spiro atoms. The van der Waals surface area contributed by atoms with Crippen molar-refractivity contribution in [3.63, 3.8) is 0 Å². The van der Waals surface area contributed by atoms with Crippen LogP contribution in [0.4, 0.5) is 10.1 Å². The first-order chi connectivity index (χ1) is 8.34. The smallest absolute Gasteiger partial charge is 0.323 e. The van der Waals surface area contributed by atoms with Gasteiger partial charge in [-0.1, -0.05) is 0 Å². The molecule has 1 N–H and O–H groups in total. The average Bonchev–Trinajstić information content (AvgIpc) is 2.22. The van der Waals surface area contributed by atoms with Gasteiger partial charge in [0.05, 0.1) is 16.8 Å². The number of hydrogen-bond acceptors (Lipinski definition) is 4. The number of hydrogen-bond donors (Lipinski definition) is 1. The van der Waals surface area contributed by atoms with E-state index < -0.39 is 27.6 Å². The molecule has 0 radical (unpaired) electrons. The number of nitrogens with one attached hydrogen (secondary N) is 1. The molecule has 0 bridgehead atoms. The van der Waals surface area contributed by atoms with Crippen molar-refractivity contribution in [2.45, 2.75) is 6.92 Å². The molecule has 18 heavy (non-hydrogen) atoms. The Morgan fingerprint density at radius 1 is 1.50 bits per heavy atom. The van der Waals surface area contributed by atoms with E-state index in [9.17, 15) is 17.6 Å². The van der Waals surface area contributed by atoms with Crippen LogP contribution in [0.25, 0.3) is 0 Å². The molecule has 0 aliphatic rings. The molecule has 0 amide bonds. The summed E-state index contributed by atoms with van der Waals surface area (Å²) in [4.78, 5) is 11.0. The zero-order chi connectivity index (χ0) is 13.8. The molecule has 0 fully saturated rings. The number of anilines is 1. The van der Waals surface area contributed by atoms with Gasteiger partial charge < -0.3 is 4.74 Å². The van der Waals surface area contributed by atoms with Crippen LogP contribution in [0.5, 0.6) is 0 Å². The minimum absolute atomic E-state index is 0.0417. The highest BCUT2D eigenvalue weighted by Gasteiger charge is 2.17. The van der Waals surface area contributed by atoms with Gasteiger partial charge in [-0.25, -0.2) is 12.8 Å². The molecule has 5 nitrogen and oxygen atoms in total. The van der Waals surface area contributed by atoms with Crippen molar-refractivity contribution in [1.82, 2.24) is 0 Å². The number of esters is 1. The third-order valence-electron chi connectivity index (χ3n) is 1.81. The molecular weight excluding hydrogens is 329 g/mol. The molecule has 0 saturated heterocycles. The first-order valence-corrected chi connectivity index (χ1v) is 7.39. The van der Waals surface area contributed by atoms with Crippen LogP contribution in [0.3, 0.4) is 0 Å². The first-order valence-electron chi connectivity index (χ1n) is 4.95. The lowest BCUT2D eigenvalue weighted by atomic mass is 10.3. The molecule has 0 aliphatic heterocycles. The summed E-state index contributed by atoms with van der Waals surface area (Å²) in [6.07, 6.45) is 0. The van der Waals surface area contributed by atoms with E-state index in [-0.39, 0.29) is 16.8 Å². The van der Waals surface area contributed by atoms with Crippen LogP contribution in [0.1, 0.15) is 6.92 Å². The molecule has 0 atom stereocenters. The van der Waals surface area contributed by atoms with Crippen LogP contribution >= 0.6 is 15.9 Å². The number of benzene rings is 1. The fourth-order valence-corrected chi connectivity index (χ4v) is 2.33. The van der Waals surface area contributed by atoms with Crippen molar-refractivity contribution < 1.29 is 22.3 Å². The summed E-state index contributed by atoms with van der Waals surface area (Å²) in [7, 11) is -3.89. The predicted octanol–water partition coefficient (Wildman–Crippen LogP) is 1.89. The summed E-state index contributed by atoms with van der Waals surface area (Å²) in [5.41, 5.74) is 0.0417. The van der Waals surface area contributed by atoms with E-state index in [1.807, 2.05) is 0 Å². The van der Waals surface area contributed by atoms with E-state index in [0.29, 0.717) is 0 Å². The Labute approximate surface area is 113 Å². The molecule has 1 rings (SSSR count). The maximum absolute atomic E-state index is 13.2. The number of carbonyl (C=O) groups is 1. The van der Waals surface area contributed by atoms with Crippen LogP contribution < -0.4 is 4.72 Å². The Balaban J connectivity index is 2.76. The summed E-state index contributed by atoms with van der Waals surface area (Å²) in [5.74, 6) is -2.27. The second-order valence-electron chi connectivity index (χ2n) is 3.30. The van der Waals surface area contributed by atoms with E-state index in [2.05, 4.69) is 25.4 Å². The summed E-state index contributed by atoms with van der Waals surface area (Å²) < 4.78 is 43.1. The van der Waals surface area contributed by atoms with Crippen molar-refractivity contribution >= 4 is 37.6 Å². The van der Waals surface area contributed by atoms with Gasteiger partial charge in [0.1, 0.15) is 5.82 Å². The zero-order valence-corrected chi connectivity index (χ0v) is 11.8. The summed E-state index contributed by atoms with van der Waals surface area (Å²) in [5, 5.41) is 0. The summed E-state index contributed by atoms with van der Waals surface area (Å²) in [6.45, 7) is 1.67. The Kier molecular flexibility index (Phi) is 5.09. The largest absolute Gasteiger partial charge is 0.465 e. The maximum atomic E-state index is 13.2. The Bertz CT molecular complexity index is 547. The highest BCUT2D eigenvalue weighted by molar-refractivity contribution is 9.10. The third-order valence-corrected chi connectivity index (χ3v) is 3.61. The normalized spacial score (nSPS) is 11.1. The lowest BCUT2D eigenvalue weighted by molar-refractivity contribution is -0.139. The minimum atomic E-state index is -3.89. The number of carbonyl (C=O) groups excluding carboxylic acids is 1. The van der Waals surface area contributed by atoms with Gasteiger partial charge in [-0.05, 0) is 41.1 Å². The van der Waals surface area contributed by atoms with E-state index >= 15 is 0 Å². The molecule has 0 aromatic heterocycles. The van der Waals surface area contributed by atoms with Crippen molar-refractivity contribution in [3.8, 4) is 0 Å². The maximum Gasteiger partial charge on any atom is 0.323 e. The van der Waals surface area contributed by atoms with E-state index in [1.54, 1.807) is 6.92 Å². The van der Waals surface area contributed by atoms with Gasteiger partial charge >= 0.3 is 5.97 Å². The highest BCUT2D eigenvalue weighted by atomic mass is 79.9. The minimum Gasteiger partial charge on any atom is -0.465 e. The fourth-order valence-electron chi connectivity index (χ4n) is 1.13. The van der Waals surface area contributed by atoms with Gasteiger partial charge in [0.25, 0.3) is 0 Å². The number of rotatable bonds is 5. The quantitative estimate of drug-likeness (QED) is 0.831. The van der Waals surface area contributed by atoms with Crippen LogP contribution in [0.15, 0.2) is 22.7 Å². The van der Waals surface area contributed by atoms with Crippen molar-refractivity contribution in [2.24, 2.45) is 0 Å². The van der Waals surface area contributed by atoms with E-state index in [4.69, 9.17) is 0 Å². The Morgan fingerprint density at radius 2 is 2.17 bits per heavy atom. The Morgan fingerprint density at radius 3 is 2.72 bits per heavy atom. The van der Waals surface area contributed by atoms with Gasteiger partial charge in [0.15, 0.2) is 5.75 Å². The molecule has 1 aromatic rings. The summed E-state index contributed by atoms with van der Waals surface area (Å²) in [6, 6.07) is 3.74. The lowest BCUT2D eigenvalue weighted by Gasteiger charge is -2.08. The molecule has 8 heteroatoms. The van der Waals surface area contributed by atoms with Gasteiger partial charge in [-0.3, -0.25) is 9.52 Å². The van der Waals surface area contributed by atoms with E-state index in [0.717, 1.165) is 6.07 Å². The highest BCUT2D eigenvalue weighted by Crippen LogP contribution is 2.20. The second-order valence-corrected chi connectivity index (χ2v) is 5.87. The molecule has 0 unspecified atom stereocenters. The van der Waals surface area contributed by atoms with Gasteiger partial charge in [-0.15, -0.1) is 0 Å². The Hall–Kier alpha value is -1.15. The second kappa shape index (κ2) is 6.14. The molecule has 1 aromatic carbocycles. The van der Waals surface area contributed by atoms with Gasteiger partial charge in [0.2, 0.25) is 10.0 Å². The monoisotopic (exact) mass is 339 g/mol. The lowest BCUT2D eigenvalue weighted by Crippen LogP contribution is -2.24. The molecular formula is C10H11BrFNO4S. The zero-order valence-electron chi connectivity index (χ0n) is 9.44. The average molecular weight is 340 g/mol. The van der Waals surface area contributed by atoms with Crippen molar-refractivity contribution in [3.05, 3.63) is 28.5 Å². The third kappa shape index (κ3) is 4.61. The molecule has 0 aliphatic carbocycles. The SMILES string of the molecule is CCOC(=O)CS(=O)(=O)Nc1ccc(Br)c(F)c1. The van der Waals surface area contributed by atoms with Crippen LogP contribution in [-0.2, 0) is 19.6 Å². The van der Waals surface area contributed by atoms with Crippen LogP contribution in [0, 0.1) is 5.82 Å². The first kappa shape index (κ1) is 14.9. The number of ether oxygens (including phenoxy) is 1. The van der Waals surface area contributed by atoms with Crippen molar-refractivity contribution in [2.75, 3.05) is 17.1 Å². The number of sulfonamides is 1. The number of halogens is 2. The molecule has 0 saturated carbocycles. The molecule has 100 valence electrons. The standard InChI is InChI=1S/C10H11BrFNO4S/c1-2-17-10(14)6-18(15,16)13-7-3-4-8(11)9(12)5-7/h3-5,13H,2,6H2,1H3. The van der Waals surface area contributed by atoms with Gasteiger partial charge in [0, 0.05) is 0 Å². The fraction of sp³-hybridized carbons (Fsp3) is 0.300. The predicted molar refractivity (Wildman–Crippen MR) is 68.1 cm³/mol. The van der Waals surface area contributed by atoms with Crippen LogP contribution in [-0.4, -0.2) is 26.7 Å². The van der Waals surface area contributed by atoms with Crippen molar-refractivity contribution in [1.29, 1.82) is 0 Å².